The molecule has 1 aromatic rings. The van der Waals surface area contributed by atoms with Crippen molar-refractivity contribution in [2.24, 2.45) is 11.8 Å². The second-order valence-electron chi connectivity index (χ2n) is 7.75. The molecule has 2 saturated heterocycles. The highest BCUT2D eigenvalue weighted by molar-refractivity contribution is 7.89. The number of carbonyl (C=O) groups is 2. The molecule has 1 N–H and O–H groups in total. The molecule has 2 amide bonds. The Kier molecular flexibility index (Phi) is 7.66. The number of likely N-dealkylation sites (tertiary alicyclic amines) is 1. The standard InChI is InChI=1S/C20H27Cl2N3O4S/c1-2-23-19(26)15-5-4-10-24(13-15)20(27)14-8-11-25(12-9-14)30(28,29)18-16(21)6-3-7-17(18)22/h3,6-7,14-15H,2,4-5,8-13H2,1H3,(H,23,26). The van der Waals surface area contributed by atoms with Crippen LogP contribution in [0.3, 0.4) is 0 Å². The largest absolute Gasteiger partial charge is 0.356 e. The fourth-order valence-corrected chi connectivity index (χ4v) is 6.73. The molecule has 0 spiro atoms. The number of piperidine rings is 2. The van der Waals surface area contributed by atoms with Gasteiger partial charge in [0.1, 0.15) is 4.90 Å². The van der Waals surface area contributed by atoms with E-state index in [9.17, 15) is 18.0 Å². The Morgan fingerprint density at radius 2 is 1.70 bits per heavy atom. The Bertz CT molecular complexity index is 881. The lowest BCUT2D eigenvalue weighted by Gasteiger charge is -2.37. The molecule has 30 heavy (non-hydrogen) atoms. The van der Waals surface area contributed by atoms with E-state index in [1.807, 2.05) is 6.92 Å². The maximum absolute atomic E-state index is 13.0. The summed E-state index contributed by atoms with van der Waals surface area (Å²) in [6.45, 7) is 3.98. The van der Waals surface area contributed by atoms with Crippen molar-refractivity contribution >= 4 is 45.0 Å². The molecule has 1 aromatic carbocycles. The fourth-order valence-electron chi connectivity index (χ4n) is 4.17. The number of rotatable bonds is 5. The quantitative estimate of drug-likeness (QED) is 0.708. The van der Waals surface area contributed by atoms with E-state index < -0.39 is 10.0 Å². The molecule has 2 fully saturated rings. The van der Waals surface area contributed by atoms with Gasteiger partial charge in [0.15, 0.2) is 0 Å². The van der Waals surface area contributed by atoms with Gasteiger partial charge >= 0.3 is 0 Å². The number of nitrogens with zero attached hydrogens (tertiary/aromatic N) is 2. The van der Waals surface area contributed by atoms with E-state index in [-0.39, 0.29) is 51.7 Å². The second-order valence-corrected chi connectivity index (χ2v) is 10.4. The summed E-state index contributed by atoms with van der Waals surface area (Å²) < 4.78 is 27.4. The SMILES string of the molecule is CCNC(=O)C1CCCN(C(=O)C2CCN(S(=O)(=O)c3c(Cl)cccc3Cl)CC2)C1. The summed E-state index contributed by atoms with van der Waals surface area (Å²) in [5.74, 6) is -0.416. The summed E-state index contributed by atoms with van der Waals surface area (Å²) in [4.78, 5) is 26.8. The van der Waals surface area contributed by atoms with Crippen molar-refractivity contribution in [2.45, 2.75) is 37.5 Å². The number of hydrogen-bond acceptors (Lipinski definition) is 4. The number of sulfonamides is 1. The molecule has 3 rings (SSSR count). The smallest absolute Gasteiger partial charge is 0.246 e. The van der Waals surface area contributed by atoms with Crippen LogP contribution in [0.15, 0.2) is 23.1 Å². The maximum Gasteiger partial charge on any atom is 0.246 e. The molecule has 10 heteroatoms. The van der Waals surface area contributed by atoms with Gasteiger partial charge in [0.05, 0.1) is 16.0 Å². The van der Waals surface area contributed by atoms with Gasteiger partial charge in [-0.1, -0.05) is 29.3 Å². The Labute approximate surface area is 187 Å². The molecule has 1 unspecified atom stereocenters. The van der Waals surface area contributed by atoms with Gasteiger partial charge in [-0.05, 0) is 44.7 Å². The average molecular weight is 476 g/mol. The minimum Gasteiger partial charge on any atom is -0.356 e. The second kappa shape index (κ2) is 9.85. The van der Waals surface area contributed by atoms with E-state index in [1.54, 1.807) is 11.0 Å². The van der Waals surface area contributed by atoms with Crippen LogP contribution in [0.4, 0.5) is 0 Å². The third kappa shape index (κ3) is 4.93. The van der Waals surface area contributed by atoms with E-state index >= 15 is 0 Å². The van der Waals surface area contributed by atoms with Crippen LogP contribution < -0.4 is 5.32 Å². The lowest BCUT2D eigenvalue weighted by Crippen LogP contribution is -2.49. The molecule has 7 nitrogen and oxygen atoms in total. The van der Waals surface area contributed by atoms with Crippen molar-refractivity contribution in [1.29, 1.82) is 0 Å². The highest BCUT2D eigenvalue weighted by Gasteiger charge is 2.37. The zero-order valence-corrected chi connectivity index (χ0v) is 19.3. The number of hydrogen-bond donors (Lipinski definition) is 1. The van der Waals surface area contributed by atoms with Crippen LogP contribution in [0, 0.1) is 11.8 Å². The lowest BCUT2D eigenvalue weighted by atomic mass is 9.92. The van der Waals surface area contributed by atoms with Crippen molar-refractivity contribution in [2.75, 3.05) is 32.7 Å². The summed E-state index contributed by atoms with van der Waals surface area (Å²) in [6, 6.07) is 4.59. The van der Waals surface area contributed by atoms with Crippen LogP contribution >= 0.6 is 23.2 Å². The number of benzene rings is 1. The van der Waals surface area contributed by atoms with Crippen molar-refractivity contribution in [3.05, 3.63) is 28.2 Å². The predicted molar refractivity (Wildman–Crippen MR) is 116 cm³/mol. The van der Waals surface area contributed by atoms with Crippen LogP contribution in [-0.2, 0) is 19.6 Å². The highest BCUT2D eigenvalue weighted by atomic mass is 35.5. The van der Waals surface area contributed by atoms with Crippen molar-refractivity contribution in [3.63, 3.8) is 0 Å². The summed E-state index contributed by atoms with van der Waals surface area (Å²) in [7, 11) is -3.83. The average Bonchev–Trinajstić information content (AvgIpc) is 2.73. The lowest BCUT2D eigenvalue weighted by molar-refractivity contribution is -0.140. The molecule has 1 atom stereocenters. The molecule has 2 heterocycles. The number of halogens is 2. The van der Waals surface area contributed by atoms with Crippen LogP contribution in [0.2, 0.25) is 10.0 Å². The minimum atomic E-state index is -3.83. The third-order valence-corrected chi connectivity index (χ3v) is 8.63. The molecule has 0 bridgehead atoms. The Balaban J connectivity index is 1.62. The van der Waals surface area contributed by atoms with E-state index in [4.69, 9.17) is 23.2 Å². The van der Waals surface area contributed by atoms with Gasteiger partial charge in [-0.3, -0.25) is 9.59 Å². The van der Waals surface area contributed by atoms with Gasteiger partial charge in [-0.2, -0.15) is 4.31 Å². The predicted octanol–water partition coefficient (Wildman–Crippen LogP) is 2.77. The van der Waals surface area contributed by atoms with E-state index in [2.05, 4.69) is 5.32 Å². The van der Waals surface area contributed by atoms with Gasteiger partial charge < -0.3 is 10.2 Å². The zero-order chi connectivity index (χ0) is 21.9. The van der Waals surface area contributed by atoms with Crippen molar-refractivity contribution in [1.82, 2.24) is 14.5 Å². The summed E-state index contributed by atoms with van der Waals surface area (Å²) in [6.07, 6.45) is 2.45. The minimum absolute atomic E-state index is 0.00692. The van der Waals surface area contributed by atoms with Gasteiger partial charge in [-0.15, -0.1) is 0 Å². The topological polar surface area (TPSA) is 86.8 Å². The van der Waals surface area contributed by atoms with Crippen LogP contribution in [0.25, 0.3) is 0 Å². The van der Waals surface area contributed by atoms with Gasteiger partial charge in [0, 0.05) is 38.6 Å². The highest BCUT2D eigenvalue weighted by Crippen LogP contribution is 2.34. The Morgan fingerprint density at radius 1 is 1.07 bits per heavy atom. The van der Waals surface area contributed by atoms with Crippen LogP contribution in [-0.4, -0.2) is 62.2 Å². The summed E-state index contributed by atoms with van der Waals surface area (Å²) in [5.41, 5.74) is 0. The number of carbonyl (C=O) groups excluding carboxylic acids is 2. The molecule has 166 valence electrons. The fraction of sp³-hybridized carbons (Fsp3) is 0.600. The maximum atomic E-state index is 13.0. The van der Waals surface area contributed by atoms with Crippen LogP contribution in [0.1, 0.15) is 32.6 Å². The molecule has 2 aliphatic heterocycles. The first kappa shape index (κ1) is 23.3. The first-order valence-corrected chi connectivity index (χ1v) is 12.5. The van der Waals surface area contributed by atoms with Crippen molar-refractivity contribution < 1.29 is 18.0 Å². The van der Waals surface area contributed by atoms with Crippen molar-refractivity contribution in [3.8, 4) is 0 Å². The molecule has 0 radical (unpaired) electrons. The molecule has 0 aliphatic carbocycles. The van der Waals surface area contributed by atoms with Gasteiger partial charge in [0.2, 0.25) is 21.8 Å². The third-order valence-electron chi connectivity index (χ3n) is 5.77. The molecular formula is C20H27Cl2N3O4S. The summed E-state index contributed by atoms with van der Waals surface area (Å²) >= 11 is 12.2. The Hall–Kier alpha value is -1.35. The van der Waals surface area contributed by atoms with Gasteiger partial charge in [0.25, 0.3) is 0 Å². The van der Waals surface area contributed by atoms with E-state index in [0.717, 1.165) is 12.8 Å². The van der Waals surface area contributed by atoms with Crippen LogP contribution in [0.5, 0.6) is 0 Å². The Morgan fingerprint density at radius 3 is 2.30 bits per heavy atom. The van der Waals surface area contributed by atoms with Gasteiger partial charge in [-0.25, -0.2) is 8.42 Å². The normalized spacial score (nSPS) is 21.4. The number of nitrogens with one attached hydrogen (secondary N) is 1. The first-order valence-electron chi connectivity index (χ1n) is 10.3. The van der Waals surface area contributed by atoms with E-state index in [0.29, 0.717) is 32.5 Å². The molecule has 2 aliphatic rings. The zero-order valence-electron chi connectivity index (χ0n) is 16.9. The van der Waals surface area contributed by atoms with E-state index in [1.165, 1.54) is 16.4 Å². The number of amides is 2. The molecule has 0 aromatic heterocycles. The molecule has 0 saturated carbocycles. The first-order chi connectivity index (χ1) is 14.3. The molecular weight excluding hydrogens is 449 g/mol. The monoisotopic (exact) mass is 475 g/mol. The summed E-state index contributed by atoms with van der Waals surface area (Å²) in [5, 5.41) is 3.01.